The van der Waals surface area contributed by atoms with Crippen molar-refractivity contribution in [3.05, 3.63) is 88.7 Å². The van der Waals surface area contributed by atoms with E-state index in [9.17, 15) is 18.4 Å². The van der Waals surface area contributed by atoms with Crippen LogP contribution >= 0.6 is 0 Å². The average molecular weight is 397 g/mol. The molecule has 1 N–H and O–H groups in total. The third kappa shape index (κ3) is 3.57. The second kappa shape index (κ2) is 7.19. The van der Waals surface area contributed by atoms with Gasteiger partial charge in [0.15, 0.2) is 17.4 Å². The van der Waals surface area contributed by atoms with Crippen molar-refractivity contribution in [2.75, 3.05) is 0 Å². The van der Waals surface area contributed by atoms with Gasteiger partial charge >= 0.3 is 6.16 Å². The van der Waals surface area contributed by atoms with E-state index in [1.54, 1.807) is 36.9 Å². The zero-order valence-corrected chi connectivity index (χ0v) is 14.8. The molecule has 7 nitrogen and oxygen atoms in total. The lowest BCUT2D eigenvalue weighted by Gasteiger charge is -2.14. The lowest BCUT2D eigenvalue weighted by Crippen LogP contribution is -2.16. The topological polar surface area (TPSA) is 86.3 Å². The Morgan fingerprint density at radius 2 is 1.97 bits per heavy atom. The van der Waals surface area contributed by atoms with Crippen molar-refractivity contribution in [3.63, 3.8) is 0 Å². The number of fused-ring (bicyclic) bond motifs is 1. The highest BCUT2D eigenvalue weighted by atomic mass is 19.2. The minimum absolute atomic E-state index is 0.0754. The highest BCUT2D eigenvalue weighted by Crippen LogP contribution is 2.24. The van der Waals surface area contributed by atoms with E-state index < -0.39 is 29.0 Å². The average Bonchev–Trinajstić information content (AvgIpc) is 3.18. The van der Waals surface area contributed by atoms with Gasteiger partial charge in [0.25, 0.3) is 0 Å². The molecule has 0 fully saturated rings. The lowest BCUT2D eigenvalue weighted by atomic mass is 10.1. The summed E-state index contributed by atoms with van der Waals surface area (Å²) < 4.78 is 35.4. The molecule has 0 saturated heterocycles. The smallest absolute Gasteiger partial charge is 0.449 e. The number of imidazole rings is 1. The van der Waals surface area contributed by atoms with E-state index >= 15 is 0 Å². The molecule has 2 aromatic carbocycles. The number of carboxylic acid groups (broad SMARTS) is 1. The van der Waals surface area contributed by atoms with Crippen LogP contribution in [0.15, 0.2) is 66.1 Å². The van der Waals surface area contributed by atoms with E-state index in [2.05, 4.69) is 9.72 Å². The lowest BCUT2D eigenvalue weighted by molar-refractivity contribution is 0.144. The molecule has 0 aliphatic carbocycles. The summed E-state index contributed by atoms with van der Waals surface area (Å²) in [5.74, 6) is -2.87. The first-order valence-electron chi connectivity index (χ1n) is 8.42. The molecule has 0 spiro atoms. The molecule has 0 atom stereocenters. The first kappa shape index (κ1) is 18.4. The third-order valence-corrected chi connectivity index (χ3v) is 4.32. The Labute approximate surface area is 162 Å². The Hall–Kier alpha value is -4.01. The number of rotatable bonds is 4. The summed E-state index contributed by atoms with van der Waals surface area (Å²) in [5, 5.41) is 8.69. The molecule has 0 saturated carbocycles. The van der Waals surface area contributed by atoms with E-state index in [-0.39, 0.29) is 10.9 Å². The Kier molecular flexibility index (Phi) is 4.55. The van der Waals surface area contributed by atoms with Gasteiger partial charge in [-0.3, -0.25) is 4.79 Å². The van der Waals surface area contributed by atoms with Crippen LogP contribution in [0.1, 0.15) is 5.56 Å². The molecule has 146 valence electrons. The van der Waals surface area contributed by atoms with E-state index in [4.69, 9.17) is 5.11 Å². The fraction of sp³-hybridized carbons (Fsp3) is 0.0500. The number of hydrogen-bond donors (Lipinski definition) is 1. The summed E-state index contributed by atoms with van der Waals surface area (Å²) in [5.41, 5.74) is 0.600. The molecule has 2 heterocycles. The van der Waals surface area contributed by atoms with Crippen LogP contribution in [0.3, 0.4) is 0 Å². The van der Waals surface area contributed by atoms with Crippen LogP contribution in [0.4, 0.5) is 13.6 Å². The van der Waals surface area contributed by atoms with Gasteiger partial charge in [0, 0.05) is 30.7 Å². The van der Waals surface area contributed by atoms with Gasteiger partial charge in [-0.15, -0.1) is 0 Å². The van der Waals surface area contributed by atoms with Gasteiger partial charge in [-0.2, -0.15) is 0 Å². The van der Waals surface area contributed by atoms with Gasteiger partial charge in [0.05, 0.1) is 23.4 Å². The minimum Gasteiger partial charge on any atom is -0.449 e. The SMILES string of the molecule is O=C(O)Oc1cn(-c2cccc(Cn3ccnc3)c2)c2cc(F)c(F)cc2c1=O. The molecule has 0 amide bonds. The number of aromatic nitrogens is 3. The highest BCUT2D eigenvalue weighted by Gasteiger charge is 2.17. The second-order valence-corrected chi connectivity index (χ2v) is 6.25. The highest BCUT2D eigenvalue weighted by molar-refractivity contribution is 5.82. The van der Waals surface area contributed by atoms with Crippen molar-refractivity contribution in [3.8, 4) is 11.4 Å². The monoisotopic (exact) mass is 397 g/mol. The van der Waals surface area contributed by atoms with E-state index in [1.807, 2.05) is 10.6 Å². The van der Waals surface area contributed by atoms with Crippen LogP contribution in [0.5, 0.6) is 5.75 Å². The Bertz CT molecular complexity index is 1280. The maximum Gasteiger partial charge on any atom is 0.511 e. The zero-order chi connectivity index (χ0) is 20.5. The van der Waals surface area contributed by atoms with Crippen molar-refractivity contribution in [2.45, 2.75) is 6.54 Å². The Morgan fingerprint density at radius 1 is 1.17 bits per heavy atom. The predicted octanol–water partition coefficient (Wildman–Crippen LogP) is 3.57. The van der Waals surface area contributed by atoms with E-state index in [0.29, 0.717) is 12.2 Å². The van der Waals surface area contributed by atoms with E-state index in [0.717, 1.165) is 23.9 Å². The largest absolute Gasteiger partial charge is 0.511 e. The molecular formula is C20H13F2N3O4. The number of halogens is 2. The third-order valence-electron chi connectivity index (χ3n) is 4.32. The summed E-state index contributed by atoms with van der Waals surface area (Å²) >= 11 is 0. The molecule has 0 aliphatic heterocycles. The summed E-state index contributed by atoms with van der Waals surface area (Å²) in [6.45, 7) is 0.507. The van der Waals surface area contributed by atoms with Gasteiger partial charge in [0.2, 0.25) is 5.43 Å². The van der Waals surface area contributed by atoms with Crippen LogP contribution in [0.25, 0.3) is 16.6 Å². The number of carbonyl (C=O) groups is 1. The molecule has 9 heteroatoms. The predicted molar refractivity (Wildman–Crippen MR) is 99.4 cm³/mol. The fourth-order valence-corrected chi connectivity index (χ4v) is 3.07. The number of hydrogen-bond acceptors (Lipinski definition) is 4. The molecule has 0 unspecified atom stereocenters. The van der Waals surface area contributed by atoms with Crippen molar-refractivity contribution >= 4 is 17.1 Å². The summed E-state index contributed by atoms with van der Waals surface area (Å²) in [6.07, 6.45) is 4.54. The van der Waals surface area contributed by atoms with Crippen LogP contribution in [0.2, 0.25) is 0 Å². The van der Waals surface area contributed by atoms with Crippen molar-refractivity contribution in [1.82, 2.24) is 14.1 Å². The van der Waals surface area contributed by atoms with E-state index in [1.165, 1.54) is 4.57 Å². The number of benzene rings is 2. The minimum atomic E-state index is -1.69. The van der Waals surface area contributed by atoms with Gasteiger partial charge < -0.3 is 19.0 Å². The van der Waals surface area contributed by atoms with Crippen LogP contribution < -0.4 is 10.2 Å². The molecule has 29 heavy (non-hydrogen) atoms. The van der Waals surface area contributed by atoms with Gasteiger partial charge in [-0.05, 0) is 23.8 Å². The van der Waals surface area contributed by atoms with Crippen LogP contribution in [-0.4, -0.2) is 25.4 Å². The van der Waals surface area contributed by atoms with Crippen molar-refractivity contribution in [2.24, 2.45) is 0 Å². The number of nitrogens with zero attached hydrogens (tertiary/aromatic N) is 3. The van der Waals surface area contributed by atoms with Gasteiger partial charge in [0.1, 0.15) is 0 Å². The normalized spacial score (nSPS) is 11.0. The van der Waals surface area contributed by atoms with Gasteiger partial charge in [-0.25, -0.2) is 18.6 Å². The zero-order valence-electron chi connectivity index (χ0n) is 14.8. The molecule has 0 bridgehead atoms. The molecule has 4 aromatic rings. The molecular weight excluding hydrogens is 384 g/mol. The standard InChI is InChI=1S/C20H13F2N3O4/c21-15-7-14-17(8-16(15)22)25(10-18(19(14)26)29-20(27)28)13-3-1-2-12(6-13)9-24-5-4-23-11-24/h1-8,10-11H,9H2,(H,27,28). The molecule has 4 rings (SSSR count). The number of pyridine rings is 1. The first-order valence-corrected chi connectivity index (χ1v) is 8.42. The summed E-state index contributed by atoms with van der Waals surface area (Å²) in [4.78, 5) is 27.4. The van der Waals surface area contributed by atoms with Crippen molar-refractivity contribution < 1.29 is 23.4 Å². The Morgan fingerprint density at radius 3 is 2.69 bits per heavy atom. The fourth-order valence-electron chi connectivity index (χ4n) is 3.07. The molecule has 0 aliphatic rings. The molecule has 2 aromatic heterocycles. The maximum atomic E-state index is 13.9. The van der Waals surface area contributed by atoms with Crippen LogP contribution in [0, 0.1) is 11.6 Å². The quantitative estimate of drug-likeness (QED) is 0.532. The summed E-state index contributed by atoms with van der Waals surface area (Å²) in [6, 6.07) is 8.70. The second-order valence-electron chi connectivity index (χ2n) is 6.25. The summed E-state index contributed by atoms with van der Waals surface area (Å²) in [7, 11) is 0. The van der Waals surface area contributed by atoms with Crippen molar-refractivity contribution in [1.29, 1.82) is 0 Å². The molecule has 0 radical (unpaired) electrons. The number of ether oxygens (including phenoxy) is 1. The Balaban J connectivity index is 1.92. The maximum absolute atomic E-state index is 13.9. The van der Waals surface area contributed by atoms with Crippen LogP contribution in [-0.2, 0) is 6.54 Å². The first-order chi connectivity index (χ1) is 13.9. The van der Waals surface area contributed by atoms with Gasteiger partial charge in [-0.1, -0.05) is 12.1 Å².